The van der Waals surface area contributed by atoms with Gasteiger partial charge in [-0.2, -0.15) is 0 Å². The number of nitrogens with zero attached hydrogens (tertiary/aromatic N) is 2. The van der Waals surface area contributed by atoms with Gasteiger partial charge in [0.05, 0.1) is 32.6 Å². The predicted molar refractivity (Wildman–Crippen MR) is 112 cm³/mol. The van der Waals surface area contributed by atoms with E-state index in [9.17, 15) is 14.4 Å². The summed E-state index contributed by atoms with van der Waals surface area (Å²) < 4.78 is 5.59. The zero-order chi connectivity index (χ0) is 20.5. The molecule has 4 rings (SSSR count). The van der Waals surface area contributed by atoms with Crippen LogP contribution in [-0.2, 0) is 9.53 Å². The maximum atomic E-state index is 12.5. The fourth-order valence-corrected chi connectivity index (χ4v) is 4.62. The molecule has 2 fully saturated rings. The Hall–Kier alpha value is -2.29. The molecule has 0 aliphatic carbocycles. The SMILES string of the molecule is O=C(NC1CC(=O)N(c2ccc(N3CCCOC3=O)c(Cl)c2)C1)c1ccc(Cl)s1. The van der Waals surface area contributed by atoms with Crippen molar-refractivity contribution in [2.75, 3.05) is 29.5 Å². The van der Waals surface area contributed by atoms with Gasteiger partial charge in [0.25, 0.3) is 5.91 Å². The minimum absolute atomic E-state index is 0.110. The zero-order valence-corrected chi connectivity index (χ0v) is 17.5. The number of thiophene rings is 1. The summed E-state index contributed by atoms with van der Waals surface area (Å²) in [6.45, 7) is 1.27. The molecule has 1 aromatic carbocycles. The Morgan fingerprint density at radius 3 is 2.69 bits per heavy atom. The number of halogens is 2. The Labute approximate surface area is 181 Å². The van der Waals surface area contributed by atoms with Crippen LogP contribution in [0.5, 0.6) is 0 Å². The minimum Gasteiger partial charge on any atom is -0.449 e. The van der Waals surface area contributed by atoms with Gasteiger partial charge in [0.15, 0.2) is 0 Å². The van der Waals surface area contributed by atoms with Crippen molar-refractivity contribution in [2.24, 2.45) is 0 Å². The van der Waals surface area contributed by atoms with Gasteiger partial charge in [0.1, 0.15) is 0 Å². The summed E-state index contributed by atoms with van der Waals surface area (Å²) in [5.74, 6) is -0.362. The second-order valence-electron chi connectivity index (χ2n) is 6.74. The first kappa shape index (κ1) is 20.0. The molecule has 1 unspecified atom stereocenters. The standard InChI is InChI=1S/C19H17Cl2N3O4S/c20-13-9-12(2-3-14(13)23-6-1-7-28-19(23)27)24-10-11(8-17(24)25)22-18(26)15-4-5-16(21)29-15/h2-5,9,11H,1,6-8,10H2,(H,22,26). The molecular formula is C19H17Cl2N3O4S. The van der Waals surface area contributed by atoms with Gasteiger partial charge in [-0.3, -0.25) is 14.5 Å². The van der Waals surface area contributed by atoms with Gasteiger partial charge >= 0.3 is 6.09 Å². The number of cyclic esters (lactones) is 1. The second-order valence-corrected chi connectivity index (χ2v) is 8.86. The molecule has 1 N–H and O–H groups in total. The smallest absolute Gasteiger partial charge is 0.414 e. The molecule has 1 atom stereocenters. The number of rotatable bonds is 4. The number of nitrogens with one attached hydrogen (secondary N) is 1. The van der Waals surface area contributed by atoms with Gasteiger partial charge in [-0.25, -0.2) is 4.79 Å². The van der Waals surface area contributed by atoms with Crippen LogP contribution in [0.1, 0.15) is 22.5 Å². The Bertz CT molecular complexity index is 980. The van der Waals surface area contributed by atoms with E-state index in [4.69, 9.17) is 27.9 Å². The average molecular weight is 454 g/mol. The van der Waals surface area contributed by atoms with Gasteiger partial charge < -0.3 is 15.0 Å². The Morgan fingerprint density at radius 1 is 1.17 bits per heavy atom. The first-order valence-corrected chi connectivity index (χ1v) is 10.6. The quantitative estimate of drug-likeness (QED) is 0.759. The fourth-order valence-electron chi connectivity index (χ4n) is 3.40. The Balaban J connectivity index is 1.46. The van der Waals surface area contributed by atoms with Crippen molar-refractivity contribution in [3.05, 3.63) is 44.6 Å². The first-order valence-electron chi connectivity index (χ1n) is 9.03. The maximum Gasteiger partial charge on any atom is 0.414 e. The van der Waals surface area contributed by atoms with Crippen molar-refractivity contribution in [2.45, 2.75) is 18.9 Å². The predicted octanol–water partition coefficient (Wildman–Crippen LogP) is 3.94. The summed E-state index contributed by atoms with van der Waals surface area (Å²) in [4.78, 5) is 40.3. The van der Waals surface area contributed by atoms with E-state index in [0.29, 0.717) is 45.3 Å². The van der Waals surface area contributed by atoms with Crippen LogP contribution in [0.3, 0.4) is 0 Å². The van der Waals surface area contributed by atoms with Crippen LogP contribution in [0.2, 0.25) is 9.36 Å². The van der Waals surface area contributed by atoms with Gasteiger partial charge in [-0.05, 0) is 36.8 Å². The van der Waals surface area contributed by atoms with Crippen LogP contribution in [0.25, 0.3) is 0 Å². The normalized spacial score (nSPS) is 19.4. The Morgan fingerprint density at radius 2 is 2.00 bits per heavy atom. The molecule has 2 aliphatic rings. The molecule has 0 saturated carbocycles. The molecule has 7 nitrogen and oxygen atoms in total. The van der Waals surface area contributed by atoms with Crippen molar-refractivity contribution in [1.29, 1.82) is 0 Å². The van der Waals surface area contributed by atoms with E-state index in [1.807, 2.05) is 0 Å². The number of anilines is 2. The topological polar surface area (TPSA) is 79.0 Å². The van der Waals surface area contributed by atoms with Crippen molar-refractivity contribution in [1.82, 2.24) is 5.32 Å². The monoisotopic (exact) mass is 453 g/mol. The molecule has 29 heavy (non-hydrogen) atoms. The van der Waals surface area contributed by atoms with Crippen LogP contribution in [-0.4, -0.2) is 43.6 Å². The molecule has 0 bridgehead atoms. The van der Waals surface area contributed by atoms with Crippen LogP contribution in [0.15, 0.2) is 30.3 Å². The van der Waals surface area contributed by atoms with Crippen molar-refractivity contribution >= 4 is 63.8 Å². The van der Waals surface area contributed by atoms with Crippen LogP contribution < -0.4 is 15.1 Å². The lowest BCUT2D eigenvalue weighted by Gasteiger charge is -2.27. The van der Waals surface area contributed by atoms with E-state index >= 15 is 0 Å². The summed E-state index contributed by atoms with van der Waals surface area (Å²) in [6.07, 6.45) is 0.494. The molecule has 2 saturated heterocycles. The molecular weight excluding hydrogens is 437 g/mol. The summed E-state index contributed by atoms with van der Waals surface area (Å²) in [6, 6.07) is 8.10. The summed E-state index contributed by atoms with van der Waals surface area (Å²) in [7, 11) is 0. The summed E-state index contributed by atoms with van der Waals surface area (Å²) in [5.41, 5.74) is 1.16. The van der Waals surface area contributed by atoms with E-state index in [1.165, 1.54) is 16.2 Å². The highest BCUT2D eigenvalue weighted by molar-refractivity contribution is 7.18. The van der Waals surface area contributed by atoms with Crippen molar-refractivity contribution < 1.29 is 19.1 Å². The third-order valence-electron chi connectivity index (χ3n) is 4.76. The van der Waals surface area contributed by atoms with Gasteiger partial charge in [-0.1, -0.05) is 23.2 Å². The van der Waals surface area contributed by atoms with E-state index < -0.39 is 6.09 Å². The van der Waals surface area contributed by atoms with E-state index in [-0.39, 0.29) is 24.3 Å². The Kier molecular flexibility index (Phi) is 5.67. The lowest BCUT2D eigenvalue weighted by atomic mass is 10.2. The largest absolute Gasteiger partial charge is 0.449 e. The highest BCUT2D eigenvalue weighted by atomic mass is 35.5. The van der Waals surface area contributed by atoms with Gasteiger partial charge in [0.2, 0.25) is 5.91 Å². The minimum atomic E-state index is -0.431. The molecule has 152 valence electrons. The number of ether oxygens (including phenoxy) is 1. The number of carbonyl (C=O) groups is 3. The van der Waals surface area contributed by atoms with E-state index in [1.54, 1.807) is 35.2 Å². The number of amides is 3. The molecule has 0 spiro atoms. The molecule has 0 radical (unpaired) electrons. The highest BCUT2D eigenvalue weighted by Gasteiger charge is 2.33. The fraction of sp³-hybridized carbons (Fsp3) is 0.316. The molecule has 1 aromatic heterocycles. The van der Waals surface area contributed by atoms with Crippen LogP contribution >= 0.6 is 34.5 Å². The lowest BCUT2D eigenvalue weighted by molar-refractivity contribution is -0.117. The number of benzene rings is 1. The van der Waals surface area contributed by atoms with Gasteiger partial charge in [-0.15, -0.1) is 11.3 Å². The molecule has 2 aromatic rings. The average Bonchev–Trinajstić information content (AvgIpc) is 3.28. The summed E-state index contributed by atoms with van der Waals surface area (Å²) >= 11 is 13.4. The third-order valence-corrected chi connectivity index (χ3v) is 6.30. The molecule has 2 aliphatic heterocycles. The lowest BCUT2D eigenvalue weighted by Crippen LogP contribution is -2.38. The van der Waals surface area contributed by atoms with Gasteiger partial charge in [0, 0.05) is 25.2 Å². The number of hydrogen-bond donors (Lipinski definition) is 1. The summed E-state index contributed by atoms with van der Waals surface area (Å²) in [5, 5.41) is 3.23. The first-order chi connectivity index (χ1) is 13.9. The zero-order valence-electron chi connectivity index (χ0n) is 15.2. The van der Waals surface area contributed by atoms with E-state index in [2.05, 4.69) is 5.32 Å². The van der Waals surface area contributed by atoms with E-state index in [0.717, 1.165) is 6.42 Å². The van der Waals surface area contributed by atoms with Crippen molar-refractivity contribution in [3.63, 3.8) is 0 Å². The number of carbonyl (C=O) groups excluding carboxylic acids is 3. The van der Waals surface area contributed by atoms with Crippen LogP contribution in [0, 0.1) is 0 Å². The van der Waals surface area contributed by atoms with Crippen molar-refractivity contribution in [3.8, 4) is 0 Å². The highest BCUT2D eigenvalue weighted by Crippen LogP contribution is 2.33. The van der Waals surface area contributed by atoms with Crippen LogP contribution in [0.4, 0.5) is 16.2 Å². The molecule has 3 heterocycles. The third kappa shape index (κ3) is 4.19. The maximum absolute atomic E-state index is 12.5. The number of hydrogen-bond acceptors (Lipinski definition) is 5. The molecule has 10 heteroatoms. The molecule has 3 amide bonds. The second kappa shape index (κ2) is 8.22.